The number of thiophene rings is 1. The second-order valence-corrected chi connectivity index (χ2v) is 8.73. The molecule has 2 amide bonds. The van der Waals surface area contributed by atoms with Gasteiger partial charge in [0.1, 0.15) is 6.10 Å². The van der Waals surface area contributed by atoms with Crippen LogP contribution in [0.2, 0.25) is 0 Å². The highest BCUT2D eigenvalue weighted by Crippen LogP contribution is 2.25. The number of likely N-dealkylation sites (tertiary alicyclic amines) is 1. The summed E-state index contributed by atoms with van der Waals surface area (Å²) in [5.74, 6) is 0.461. The van der Waals surface area contributed by atoms with Crippen molar-refractivity contribution in [3.63, 3.8) is 0 Å². The molecule has 1 saturated heterocycles. The van der Waals surface area contributed by atoms with Crippen molar-refractivity contribution < 1.29 is 14.3 Å². The fraction of sp³-hybridized carbons (Fsp3) is 0.500. The smallest absolute Gasteiger partial charge is 0.263 e. The summed E-state index contributed by atoms with van der Waals surface area (Å²) in [6, 6.07) is 7.53. The van der Waals surface area contributed by atoms with Gasteiger partial charge < -0.3 is 15.0 Å². The SMILES string of the molecule is O=C(NCc1cccnc1OC1CCCC1)[C@H]1CCCN(C(=O)c2cccs2)C1. The van der Waals surface area contributed by atoms with Crippen LogP contribution in [0.4, 0.5) is 0 Å². The lowest BCUT2D eigenvalue weighted by Gasteiger charge is -2.31. The van der Waals surface area contributed by atoms with Crippen molar-refractivity contribution >= 4 is 23.2 Å². The lowest BCUT2D eigenvalue weighted by atomic mass is 9.97. The summed E-state index contributed by atoms with van der Waals surface area (Å²) < 4.78 is 6.06. The molecule has 1 saturated carbocycles. The number of nitrogens with zero attached hydrogens (tertiary/aromatic N) is 2. The third-order valence-electron chi connectivity index (χ3n) is 5.69. The van der Waals surface area contributed by atoms with E-state index in [1.54, 1.807) is 11.1 Å². The van der Waals surface area contributed by atoms with Crippen molar-refractivity contribution in [2.45, 2.75) is 51.2 Å². The molecule has 0 spiro atoms. The lowest BCUT2D eigenvalue weighted by Crippen LogP contribution is -2.45. The van der Waals surface area contributed by atoms with Crippen LogP contribution in [0.5, 0.6) is 5.88 Å². The Morgan fingerprint density at radius 1 is 1.17 bits per heavy atom. The molecule has 29 heavy (non-hydrogen) atoms. The van der Waals surface area contributed by atoms with Gasteiger partial charge in [0, 0.05) is 31.4 Å². The largest absolute Gasteiger partial charge is 0.474 e. The number of carbonyl (C=O) groups is 2. The van der Waals surface area contributed by atoms with E-state index in [4.69, 9.17) is 4.74 Å². The highest BCUT2D eigenvalue weighted by Gasteiger charge is 2.29. The highest BCUT2D eigenvalue weighted by atomic mass is 32.1. The van der Waals surface area contributed by atoms with Crippen LogP contribution in [0.1, 0.15) is 53.8 Å². The molecule has 2 aromatic rings. The topological polar surface area (TPSA) is 71.5 Å². The number of nitrogens with one attached hydrogen (secondary N) is 1. The predicted octanol–water partition coefficient (Wildman–Crippen LogP) is 3.63. The highest BCUT2D eigenvalue weighted by molar-refractivity contribution is 7.12. The Hall–Kier alpha value is -2.41. The van der Waals surface area contributed by atoms with E-state index >= 15 is 0 Å². The molecule has 2 aromatic heterocycles. The zero-order chi connectivity index (χ0) is 20.1. The van der Waals surface area contributed by atoms with E-state index in [-0.39, 0.29) is 23.8 Å². The van der Waals surface area contributed by atoms with Crippen LogP contribution in [-0.4, -0.2) is 40.9 Å². The van der Waals surface area contributed by atoms with Crippen molar-refractivity contribution in [3.8, 4) is 5.88 Å². The molecule has 2 fully saturated rings. The van der Waals surface area contributed by atoms with Gasteiger partial charge in [0.15, 0.2) is 0 Å². The Balaban J connectivity index is 1.33. The maximum Gasteiger partial charge on any atom is 0.263 e. The van der Waals surface area contributed by atoms with Gasteiger partial charge in [-0.15, -0.1) is 11.3 Å². The predicted molar refractivity (Wildman–Crippen MR) is 112 cm³/mol. The van der Waals surface area contributed by atoms with Gasteiger partial charge in [0.2, 0.25) is 11.8 Å². The molecule has 2 aliphatic rings. The molecule has 1 N–H and O–H groups in total. The van der Waals surface area contributed by atoms with Gasteiger partial charge in [-0.1, -0.05) is 12.1 Å². The minimum absolute atomic E-state index is 0.00986. The van der Waals surface area contributed by atoms with Crippen LogP contribution in [0, 0.1) is 5.92 Å². The first-order valence-corrected chi connectivity index (χ1v) is 11.3. The van der Waals surface area contributed by atoms with Gasteiger partial charge in [-0.3, -0.25) is 9.59 Å². The molecular weight excluding hydrogens is 386 g/mol. The van der Waals surface area contributed by atoms with E-state index in [2.05, 4.69) is 10.3 Å². The standard InChI is InChI=1S/C22H27N3O3S/c26-20(17-7-4-12-25(15-17)22(27)19-10-5-13-29-19)24-14-16-6-3-11-23-21(16)28-18-8-1-2-9-18/h3,5-6,10-11,13,17-18H,1-2,4,7-9,12,14-15H2,(H,24,26)/t17-/m0/s1. The molecule has 154 valence electrons. The summed E-state index contributed by atoms with van der Waals surface area (Å²) in [5, 5.41) is 4.94. The Kier molecular flexibility index (Phi) is 6.44. The van der Waals surface area contributed by atoms with Gasteiger partial charge >= 0.3 is 0 Å². The first-order chi connectivity index (χ1) is 14.2. The van der Waals surface area contributed by atoms with E-state index in [0.29, 0.717) is 25.5 Å². The van der Waals surface area contributed by atoms with Gasteiger partial charge in [-0.05, 0) is 56.0 Å². The van der Waals surface area contributed by atoms with Crippen LogP contribution in [0.15, 0.2) is 35.8 Å². The van der Waals surface area contributed by atoms with Crippen molar-refractivity contribution in [3.05, 3.63) is 46.3 Å². The molecule has 1 aliphatic heterocycles. The summed E-state index contributed by atoms with van der Waals surface area (Å²) >= 11 is 1.44. The average molecular weight is 414 g/mol. The molecule has 1 aliphatic carbocycles. The molecule has 0 bridgehead atoms. The van der Waals surface area contributed by atoms with Crippen LogP contribution in [0.25, 0.3) is 0 Å². The minimum atomic E-state index is -0.177. The van der Waals surface area contributed by atoms with Gasteiger partial charge in [-0.25, -0.2) is 4.98 Å². The van der Waals surface area contributed by atoms with E-state index in [1.165, 1.54) is 24.2 Å². The third-order valence-corrected chi connectivity index (χ3v) is 6.55. The fourth-order valence-electron chi connectivity index (χ4n) is 4.09. The number of amides is 2. The second kappa shape index (κ2) is 9.39. The first-order valence-electron chi connectivity index (χ1n) is 10.4. The molecule has 3 heterocycles. The number of rotatable bonds is 6. The van der Waals surface area contributed by atoms with Crippen LogP contribution in [0.3, 0.4) is 0 Å². The number of hydrogen-bond acceptors (Lipinski definition) is 5. The number of ether oxygens (including phenoxy) is 1. The summed E-state index contributed by atoms with van der Waals surface area (Å²) in [5.41, 5.74) is 0.898. The Morgan fingerprint density at radius 2 is 2.03 bits per heavy atom. The number of carbonyl (C=O) groups excluding carboxylic acids is 2. The van der Waals surface area contributed by atoms with Crippen molar-refractivity contribution in [1.29, 1.82) is 0 Å². The van der Waals surface area contributed by atoms with E-state index < -0.39 is 0 Å². The van der Waals surface area contributed by atoms with E-state index in [9.17, 15) is 9.59 Å². The molecule has 0 aromatic carbocycles. The molecule has 0 radical (unpaired) electrons. The van der Waals surface area contributed by atoms with E-state index in [1.807, 2.05) is 29.6 Å². The van der Waals surface area contributed by atoms with E-state index in [0.717, 1.165) is 36.1 Å². The summed E-state index contributed by atoms with van der Waals surface area (Å²) in [7, 11) is 0. The quantitative estimate of drug-likeness (QED) is 0.785. The summed E-state index contributed by atoms with van der Waals surface area (Å²) in [4.78, 5) is 32.3. The maximum atomic E-state index is 12.8. The number of piperidine rings is 1. The van der Waals surface area contributed by atoms with Gasteiger partial charge in [0.05, 0.1) is 10.8 Å². The Labute approximate surface area is 175 Å². The van der Waals surface area contributed by atoms with Crippen LogP contribution < -0.4 is 10.1 Å². The van der Waals surface area contributed by atoms with Crippen LogP contribution >= 0.6 is 11.3 Å². The zero-order valence-electron chi connectivity index (χ0n) is 16.5. The second-order valence-electron chi connectivity index (χ2n) is 7.78. The van der Waals surface area contributed by atoms with Crippen molar-refractivity contribution in [2.24, 2.45) is 5.92 Å². The number of pyridine rings is 1. The average Bonchev–Trinajstić information content (AvgIpc) is 3.47. The summed E-state index contributed by atoms with van der Waals surface area (Å²) in [6.45, 7) is 1.58. The van der Waals surface area contributed by atoms with Gasteiger partial charge in [-0.2, -0.15) is 0 Å². The fourth-order valence-corrected chi connectivity index (χ4v) is 4.78. The molecule has 0 unspecified atom stereocenters. The lowest BCUT2D eigenvalue weighted by molar-refractivity contribution is -0.126. The monoisotopic (exact) mass is 413 g/mol. The summed E-state index contributed by atoms with van der Waals surface area (Å²) in [6.07, 6.45) is 8.14. The van der Waals surface area contributed by atoms with Crippen LogP contribution in [-0.2, 0) is 11.3 Å². The zero-order valence-corrected chi connectivity index (χ0v) is 17.3. The molecule has 6 nitrogen and oxygen atoms in total. The Morgan fingerprint density at radius 3 is 2.83 bits per heavy atom. The molecule has 1 atom stereocenters. The molecule has 4 rings (SSSR count). The third kappa shape index (κ3) is 4.96. The minimum Gasteiger partial charge on any atom is -0.474 e. The first kappa shape index (κ1) is 19.9. The molecule has 7 heteroatoms. The Bertz CT molecular complexity index is 834. The number of hydrogen-bond donors (Lipinski definition) is 1. The van der Waals surface area contributed by atoms with Gasteiger partial charge in [0.25, 0.3) is 5.91 Å². The molecular formula is C22H27N3O3S. The normalized spacial score (nSPS) is 19.9. The number of aromatic nitrogens is 1. The van der Waals surface area contributed by atoms with Crippen molar-refractivity contribution in [1.82, 2.24) is 15.2 Å². The maximum absolute atomic E-state index is 12.8. The van der Waals surface area contributed by atoms with Crippen molar-refractivity contribution in [2.75, 3.05) is 13.1 Å².